The summed E-state index contributed by atoms with van der Waals surface area (Å²) in [6, 6.07) is 18.2. The van der Waals surface area contributed by atoms with Gasteiger partial charge in [0.25, 0.3) is 11.8 Å². The highest BCUT2D eigenvalue weighted by Crippen LogP contribution is 2.38. The molecule has 3 aromatic rings. The van der Waals surface area contributed by atoms with Crippen molar-refractivity contribution >= 4 is 62.1 Å². The summed E-state index contributed by atoms with van der Waals surface area (Å²) < 4.78 is 24.8. The van der Waals surface area contributed by atoms with Crippen LogP contribution in [0.2, 0.25) is 0 Å². The summed E-state index contributed by atoms with van der Waals surface area (Å²) in [7, 11) is 1.49. The Labute approximate surface area is 213 Å². The Bertz CT molecular complexity index is 1310. The number of anilines is 1. The predicted molar refractivity (Wildman–Crippen MR) is 138 cm³/mol. The molecule has 10 heteroatoms. The standard InChI is InChI=1S/C25H19BrFN3O4S/c1-33-20-12-15(11-19(26)23(20)34-14-22(31)28-17-5-3-2-4-6-17)13-21-24(32)30-25(35-21)29-18-9-7-16(27)8-10-18/h2-13H,14H2,1H3,(H,28,31)(H,29,30,32)/b21-13+. The second kappa shape index (κ2) is 11.2. The minimum atomic E-state index is -0.360. The van der Waals surface area contributed by atoms with Gasteiger partial charge in [0, 0.05) is 5.69 Å². The molecule has 0 saturated carbocycles. The zero-order valence-electron chi connectivity index (χ0n) is 18.4. The maximum Gasteiger partial charge on any atom is 0.264 e. The van der Waals surface area contributed by atoms with Crippen molar-refractivity contribution < 1.29 is 23.5 Å². The average Bonchev–Trinajstić information content (AvgIpc) is 3.18. The fourth-order valence-corrected chi connectivity index (χ4v) is 4.50. The Morgan fingerprint density at radius 1 is 1.17 bits per heavy atom. The highest BCUT2D eigenvalue weighted by molar-refractivity contribution is 9.10. The van der Waals surface area contributed by atoms with Gasteiger partial charge in [0.05, 0.1) is 22.2 Å². The molecule has 3 aromatic carbocycles. The van der Waals surface area contributed by atoms with E-state index in [0.29, 0.717) is 43.0 Å². The van der Waals surface area contributed by atoms with E-state index >= 15 is 0 Å². The number of aliphatic imine (C=N–C) groups is 1. The Morgan fingerprint density at radius 3 is 2.63 bits per heavy atom. The van der Waals surface area contributed by atoms with Gasteiger partial charge < -0.3 is 20.1 Å². The first-order valence-corrected chi connectivity index (χ1v) is 11.9. The number of halogens is 2. The lowest BCUT2D eigenvalue weighted by molar-refractivity contribution is -0.118. The van der Waals surface area contributed by atoms with Gasteiger partial charge in [-0.05, 0) is 87.9 Å². The average molecular weight is 556 g/mol. The zero-order chi connectivity index (χ0) is 24.8. The molecule has 1 aliphatic rings. The van der Waals surface area contributed by atoms with Crippen LogP contribution in [0.25, 0.3) is 6.08 Å². The molecule has 1 fully saturated rings. The molecule has 0 unspecified atom stereocenters. The second-order valence-electron chi connectivity index (χ2n) is 7.20. The number of nitrogens with one attached hydrogen (secondary N) is 2. The van der Waals surface area contributed by atoms with E-state index in [9.17, 15) is 14.0 Å². The van der Waals surface area contributed by atoms with E-state index in [1.54, 1.807) is 30.3 Å². The molecule has 0 aliphatic carbocycles. The van der Waals surface area contributed by atoms with Gasteiger partial charge in [-0.15, -0.1) is 0 Å². The van der Waals surface area contributed by atoms with Crippen molar-refractivity contribution in [3.63, 3.8) is 0 Å². The van der Waals surface area contributed by atoms with Crippen LogP contribution < -0.4 is 20.1 Å². The Kier molecular flexibility index (Phi) is 7.84. The lowest BCUT2D eigenvalue weighted by Gasteiger charge is -2.13. The predicted octanol–water partition coefficient (Wildman–Crippen LogP) is 5.51. The van der Waals surface area contributed by atoms with E-state index in [1.807, 2.05) is 18.2 Å². The largest absolute Gasteiger partial charge is 0.493 e. The van der Waals surface area contributed by atoms with Crippen LogP contribution >= 0.6 is 27.7 Å². The summed E-state index contributed by atoms with van der Waals surface area (Å²) in [6.07, 6.45) is 1.69. The van der Waals surface area contributed by atoms with E-state index in [2.05, 4.69) is 31.6 Å². The van der Waals surface area contributed by atoms with E-state index in [1.165, 1.54) is 43.1 Å². The fraction of sp³-hybridized carbons (Fsp3) is 0.0800. The van der Waals surface area contributed by atoms with Crippen LogP contribution in [0.15, 0.2) is 81.1 Å². The molecule has 2 N–H and O–H groups in total. The zero-order valence-corrected chi connectivity index (χ0v) is 20.8. The number of para-hydroxylation sites is 1. The van der Waals surface area contributed by atoms with Crippen LogP contribution in [-0.4, -0.2) is 30.7 Å². The van der Waals surface area contributed by atoms with Crippen LogP contribution in [0.4, 0.5) is 15.8 Å². The van der Waals surface area contributed by atoms with Crippen molar-refractivity contribution in [2.45, 2.75) is 0 Å². The van der Waals surface area contributed by atoms with Crippen molar-refractivity contribution in [3.05, 3.63) is 87.5 Å². The van der Waals surface area contributed by atoms with Crippen LogP contribution in [0.3, 0.4) is 0 Å². The number of ether oxygens (including phenoxy) is 2. The van der Waals surface area contributed by atoms with Gasteiger partial charge >= 0.3 is 0 Å². The van der Waals surface area contributed by atoms with Gasteiger partial charge in [-0.25, -0.2) is 9.38 Å². The molecule has 1 saturated heterocycles. The number of nitrogens with zero attached hydrogens (tertiary/aromatic N) is 1. The summed E-state index contributed by atoms with van der Waals surface area (Å²) in [5.41, 5.74) is 1.87. The number of hydrogen-bond acceptors (Lipinski definition) is 6. The molecule has 7 nitrogen and oxygen atoms in total. The van der Waals surface area contributed by atoms with E-state index in [4.69, 9.17) is 9.47 Å². The molecule has 0 spiro atoms. The number of hydrogen-bond donors (Lipinski definition) is 2. The summed E-state index contributed by atoms with van der Waals surface area (Å²) >= 11 is 4.62. The topological polar surface area (TPSA) is 89.0 Å². The molecule has 178 valence electrons. The highest BCUT2D eigenvalue weighted by Gasteiger charge is 2.24. The van der Waals surface area contributed by atoms with Crippen LogP contribution in [0.5, 0.6) is 11.5 Å². The smallest absolute Gasteiger partial charge is 0.264 e. The molecule has 4 rings (SSSR count). The second-order valence-corrected chi connectivity index (χ2v) is 9.08. The fourth-order valence-electron chi connectivity index (χ4n) is 3.08. The van der Waals surface area contributed by atoms with Crippen LogP contribution in [0.1, 0.15) is 5.56 Å². The summed E-state index contributed by atoms with van der Waals surface area (Å²) in [6.45, 7) is -0.217. The lowest BCUT2D eigenvalue weighted by atomic mass is 10.2. The number of methoxy groups -OCH3 is 1. The summed E-state index contributed by atoms with van der Waals surface area (Å²) in [5.74, 6) is -0.226. The van der Waals surface area contributed by atoms with Crippen molar-refractivity contribution in [1.82, 2.24) is 5.32 Å². The molecule has 0 aromatic heterocycles. The van der Waals surface area contributed by atoms with E-state index < -0.39 is 0 Å². The van der Waals surface area contributed by atoms with Gasteiger partial charge in [-0.2, -0.15) is 0 Å². The first-order chi connectivity index (χ1) is 16.9. The quantitative estimate of drug-likeness (QED) is 0.375. The monoisotopic (exact) mass is 555 g/mol. The maximum absolute atomic E-state index is 13.1. The van der Waals surface area contributed by atoms with E-state index in [0.717, 1.165) is 0 Å². The Hall–Kier alpha value is -3.63. The number of carbonyl (C=O) groups excluding carboxylic acids is 2. The van der Waals surface area contributed by atoms with Gasteiger partial charge in [0.1, 0.15) is 5.82 Å². The van der Waals surface area contributed by atoms with Gasteiger partial charge in [-0.3, -0.25) is 9.59 Å². The number of amidine groups is 1. The number of carbonyl (C=O) groups is 2. The molecule has 2 amide bonds. The summed E-state index contributed by atoms with van der Waals surface area (Å²) in [5, 5.41) is 5.84. The third kappa shape index (κ3) is 6.49. The van der Waals surface area contributed by atoms with Gasteiger partial charge in [-0.1, -0.05) is 18.2 Å². The minimum absolute atomic E-state index is 0.217. The van der Waals surface area contributed by atoms with Crippen LogP contribution in [0, 0.1) is 5.82 Å². The van der Waals surface area contributed by atoms with Crippen molar-refractivity contribution in [1.29, 1.82) is 0 Å². The molecular formula is C25H19BrFN3O4S. The maximum atomic E-state index is 13.1. The molecule has 0 atom stereocenters. The first kappa shape index (κ1) is 24.5. The number of thioether (sulfide) groups is 1. The molecule has 0 bridgehead atoms. The van der Waals surface area contributed by atoms with Crippen molar-refractivity contribution in [2.24, 2.45) is 4.99 Å². The minimum Gasteiger partial charge on any atom is -0.493 e. The number of benzene rings is 3. The number of amides is 2. The third-order valence-electron chi connectivity index (χ3n) is 4.66. The van der Waals surface area contributed by atoms with Crippen molar-refractivity contribution in [3.8, 4) is 11.5 Å². The Balaban J connectivity index is 1.47. The van der Waals surface area contributed by atoms with Gasteiger partial charge in [0.2, 0.25) is 0 Å². The van der Waals surface area contributed by atoms with Gasteiger partial charge in [0.15, 0.2) is 23.3 Å². The lowest BCUT2D eigenvalue weighted by Crippen LogP contribution is -2.20. The SMILES string of the molecule is COc1cc(/C=C2/SC(=Nc3ccc(F)cc3)NC2=O)cc(Br)c1OCC(=O)Nc1ccccc1. The Morgan fingerprint density at radius 2 is 1.91 bits per heavy atom. The molecule has 0 radical (unpaired) electrons. The number of rotatable bonds is 7. The van der Waals surface area contributed by atoms with Crippen LogP contribution in [-0.2, 0) is 9.59 Å². The normalized spacial score (nSPS) is 15.2. The van der Waals surface area contributed by atoms with Crippen molar-refractivity contribution in [2.75, 3.05) is 19.0 Å². The first-order valence-electron chi connectivity index (χ1n) is 10.3. The summed E-state index contributed by atoms with van der Waals surface area (Å²) in [4.78, 5) is 29.4. The molecular weight excluding hydrogens is 537 g/mol. The highest BCUT2D eigenvalue weighted by atomic mass is 79.9. The third-order valence-corrected chi connectivity index (χ3v) is 6.16. The molecule has 35 heavy (non-hydrogen) atoms. The van der Waals surface area contributed by atoms with E-state index in [-0.39, 0.29) is 24.2 Å². The molecule has 1 aliphatic heterocycles. The molecule has 1 heterocycles.